The normalized spacial score (nSPS) is 10.1. The lowest BCUT2D eigenvalue weighted by Gasteiger charge is -2.11. The maximum absolute atomic E-state index is 12.1. The van der Waals surface area contributed by atoms with Crippen LogP contribution >= 0.6 is 0 Å². The molecule has 24 heavy (non-hydrogen) atoms. The van der Waals surface area contributed by atoms with E-state index in [-0.39, 0.29) is 17.1 Å². The number of hydrogen-bond acceptors (Lipinski definition) is 5. The third-order valence-electron chi connectivity index (χ3n) is 3.18. The monoisotopic (exact) mass is 330 g/mol. The van der Waals surface area contributed by atoms with Crippen molar-refractivity contribution in [2.75, 3.05) is 13.7 Å². The lowest BCUT2D eigenvalue weighted by molar-refractivity contribution is 0.0692. The molecule has 0 fully saturated rings. The number of hydrogen-bond donors (Lipinski definition) is 1. The Bertz CT molecular complexity index is 721. The Morgan fingerprint density at radius 1 is 1.04 bits per heavy atom. The molecule has 2 aromatic rings. The second-order valence-corrected chi connectivity index (χ2v) is 4.93. The molecular formula is C18H18O6. The van der Waals surface area contributed by atoms with E-state index in [4.69, 9.17) is 19.3 Å². The molecule has 126 valence electrons. The van der Waals surface area contributed by atoms with Crippen molar-refractivity contribution in [1.29, 1.82) is 0 Å². The third-order valence-corrected chi connectivity index (χ3v) is 3.18. The fraction of sp³-hybridized carbons (Fsp3) is 0.222. The molecular weight excluding hydrogens is 312 g/mol. The largest absolute Gasteiger partial charge is 0.497 e. The summed E-state index contributed by atoms with van der Waals surface area (Å²) < 4.78 is 15.7. The average molecular weight is 330 g/mol. The molecule has 2 rings (SSSR count). The lowest BCUT2D eigenvalue weighted by Crippen LogP contribution is -2.09. The number of carboxylic acids is 1. The fourth-order valence-electron chi connectivity index (χ4n) is 1.97. The molecule has 6 heteroatoms. The van der Waals surface area contributed by atoms with Gasteiger partial charge in [-0.2, -0.15) is 0 Å². The van der Waals surface area contributed by atoms with Crippen LogP contribution in [0.2, 0.25) is 0 Å². The molecule has 0 unspecified atom stereocenters. The van der Waals surface area contributed by atoms with Crippen LogP contribution in [0.4, 0.5) is 0 Å². The highest BCUT2D eigenvalue weighted by Crippen LogP contribution is 2.26. The van der Waals surface area contributed by atoms with Gasteiger partial charge in [-0.05, 0) is 42.8 Å². The number of ether oxygens (including phenoxy) is 3. The van der Waals surface area contributed by atoms with Gasteiger partial charge in [0.05, 0.1) is 19.3 Å². The van der Waals surface area contributed by atoms with Crippen molar-refractivity contribution in [3.63, 3.8) is 0 Å². The number of rotatable bonds is 7. The first-order valence-electron chi connectivity index (χ1n) is 7.41. The smallest absolute Gasteiger partial charge is 0.343 e. The zero-order chi connectivity index (χ0) is 17.5. The second kappa shape index (κ2) is 8.01. The lowest BCUT2D eigenvalue weighted by atomic mass is 10.2. The zero-order valence-electron chi connectivity index (χ0n) is 13.4. The molecule has 0 heterocycles. The third kappa shape index (κ3) is 4.25. The summed E-state index contributed by atoms with van der Waals surface area (Å²) in [6, 6.07) is 10.6. The summed E-state index contributed by atoms with van der Waals surface area (Å²) in [5.41, 5.74) is 0.377. The highest BCUT2D eigenvalue weighted by molar-refractivity contribution is 5.93. The summed E-state index contributed by atoms with van der Waals surface area (Å²) in [6.45, 7) is 2.28. The minimum absolute atomic E-state index is 0.0210. The van der Waals surface area contributed by atoms with E-state index in [9.17, 15) is 9.59 Å². The van der Waals surface area contributed by atoms with Crippen molar-refractivity contribution in [3.8, 4) is 17.2 Å². The molecule has 1 N–H and O–H groups in total. The van der Waals surface area contributed by atoms with E-state index in [0.717, 1.165) is 6.42 Å². The molecule has 0 aliphatic heterocycles. The molecule has 0 aliphatic carbocycles. The minimum Gasteiger partial charge on any atom is -0.497 e. The number of carbonyl (C=O) groups excluding carboxylic acids is 1. The molecule has 0 bridgehead atoms. The molecule has 0 aliphatic rings. The minimum atomic E-state index is -1.10. The van der Waals surface area contributed by atoms with Crippen LogP contribution in [0.3, 0.4) is 0 Å². The standard InChI is InChI=1S/C18H18O6/c1-3-10-23-16-11-14(8-9-15(16)17(19)20)24-18(21)12-4-6-13(22-2)7-5-12/h4-9,11H,3,10H2,1-2H3,(H,19,20). The maximum Gasteiger partial charge on any atom is 0.343 e. The summed E-state index contributed by atoms with van der Waals surface area (Å²) >= 11 is 0. The van der Waals surface area contributed by atoms with Crippen molar-refractivity contribution in [2.45, 2.75) is 13.3 Å². The maximum atomic E-state index is 12.1. The van der Waals surface area contributed by atoms with Crippen LogP contribution in [0, 0.1) is 0 Å². The Labute approximate surface area is 139 Å². The predicted molar refractivity (Wildman–Crippen MR) is 87.1 cm³/mol. The Kier molecular flexibility index (Phi) is 5.78. The second-order valence-electron chi connectivity index (χ2n) is 4.93. The number of aromatic carboxylic acids is 1. The van der Waals surface area contributed by atoms with E-state index in [1.54, 1.807) is 24.3 Å². The Morgan fingerprint density at radius 2 is 1.71 bits per heavy atom. The van der Waals surface area contributed by atoms with Gasteiger partial charge in [0.2, 0.25) is 0 Å². The SMILES string of the molecule is CCCOc1cc(OC(=O)c2ccc(OC)cc2)ccc1C(=O)O. The highest BCUT2D eigenvalue weighted by Gasteiger charge is 2.15. The molecule has 0 saturated heterocycles. The number of methoxy groups -OCH3 is 1. The highest BCUT2D eigenvalue weighted by atomic mass is 16.5. The van der Waals surface area contributed by atoms with E-state index < -0.39 is 11.9 Å². The van der Waals surface area contributed by atoms with Gasteiger partial charge in [-0.1, -0.05) is 6.92 Å². The van der Waals surface area contributed by atoms with Crippen LogP contribution in [-0.2, 0) is 0 Å². The van der Waals surface area contributed by atoms with Crippen LogP contribution in [0.25, 0.3) is 0 Å². The molecule has 2 aromatic carbocycles. The van der Waals surface area contributed by atoms with Gasteiger partial charge in [0, 0.05) is 6.07 Å². The van der Waals surface area contributed by atoms with Crippen molar-refractivity contribution in [2.24, 2.45) is 0 Å². The van der Waals surface area contributed by atoms with E-state index >= 15 is 0 Å². The quantitative estimate of drug-likeness (QED) is 0.619. The molecule has 0 amide bonds. The summed E-state index contributed by atoms with van der Waals surface area (Å²) in [6.07, 6.45) is 0.731. The molecule has 0 saturated carbocycles. The average Bonchev–Trinajstić information content (AvgIpc) is 2.59. The van der Waals surface area contributed by atoms with Gasteiger partial charge in [0.25, 0.3) is 0 Å². The number of esters is 1. The zero-order valence-corrected chi connectivity index (χ0v) is 13.4. The molecule has 0 radical (unpaired) electrons. The van der Waals surface area contributed by atoms with Gasteiger partial charge in [0.1, 0.15) is 22.8 Å². The summed E-state index contributed by atoms with van der Waals surface area (Å²) in [5, 5.41) is 9.17. The fourth-order valence-corrected chi connectivity index (χ4v) is 1.97. The summed E-state index contributed by atoms with van der Waals surface area (Å²) in [5.74, 6) is -0.639. The van der Waals surface area contributed by atoms with Crippen LogP contribution in [0.1, 0.15) is 34.1 Å². The summed E-state index contributed by atoms with van der Waals surface area (Å²) in [7, 11) is 1.54. The van der Waals surface area contributed by atoms with E-state index in [1.807, 2.05) is 6.92 Å². The van der Waals surface area contributed by atoms with Crippen molar-refractivity contribution in [1.82, 2.24) is 0 Å². The number of benzene rings is 2. The van der Waals surface area contributed by atoms with Crippen LogP contribution in [-0.4, -0.2) is 30.8 Å². The van der Waals surface area contributed by atoms with Gasteiger partial charge >= 0.3 is 11.9 Å². The van der Waals surface area contributed by atoms with Crippen LogP contribution in [0.15, 0.2) is 42.5 Å². The van der Waals surface area contributed by atoms with Gasteiger partial charge in [-0.25, -0.2) is 9.59 Å². The Morgan fingerprint density at radius 3 is 2.29 bits per heavy atom. The first-order chi connectivity index (χ1) is 11.5. The first-order valence-corrected chi connectivity index (χ1v) is 7.41. The number of carbonyl (C=O) groups is 2. The van der Waals surface area contributed by atoms with Crippen LogP contribution in [0.5, 0.6) is 17.2 Å². The molecule has 0 spiro atoms. The number of carboxylic acid groups (broad SMARTS) is 1. The first kappa shape index (κ1) is 17.3. The van der Waals surface area contributed by atoms with E-state index in [2.05, 4.69) is 0 Å². The van der Waals surface area contributed by atoms with E-state index in [0.29, 0.717) is 17.9 Å². The van der Waals surface area contributed by atoms with Crippen molar-refractivity contribution >= 4 is 11.9 Å². The van der Waals surface area contributed by atoms with Gasteiger partial charge in [0.15, 0.2) is 0 Å². The van der Waals surface area contributed by atoms with Crippen LogP contribution < -0.4 is 14.2 Å². The van der Waals surface area contributed by atoms with Gasteiger partial charge in [-0.3, -0.25) is 0 Å². The molecule has 0 aromatic heterocycles. The molecule has 6 nitrogen and oxygen atoms in total. The Hall–Kier alpha value is -3.02. The van der Waals surface area contributed by atoms with Gasteiger partial charge in [-0.15, -0.1) is 0 Å². The van der Waals surface area contributed by atoms with Crippen molar-refractivity contribution in [3.05, 3.63) is 53.6 Å². The van der Waals surface area contributed by atoms with Gasteiger partial charge < -0.3 is 19.3 Å². The summed E-state index contributed by atoms with van der Waals surface area (Å²) in [4.78, 5) is 23.3. The predicted octanol–water partition coefficient (Wildman–Crippen LogP) is 3.40. The Balaban J connectivity index is 2.18. The van der Waals surface area contributed by atoms with Crippen molar-refractivity contribution < 1.29 is 28.9 Å². The topological polar surface area (TPSA) is 82.1 Å². The van der Waals surface area contributed by atoms with E-state index in [1.165, 1.54) is 25.3 Å². The molecule has 0 atom stereocenters.